The van der Waals surface area contributed by atoms with Crippen molar-refractivity contribution in [2.75, 3.05) is 5.32 Å². The summed E-state index contributed by atoms with van der Waals surface area (Å²) in [6.45, 7) is 7.80. The van der Waals surface area contributed by atoms with Gasteiger partial charge in [0.15, 0.2) is 0 Å². The molecule has 2 N–H and O–H groups in total. The molecule has 2 unspecified atom stereocenters. The van der Waals surface area contributed by atoms with Gasteiger partial charge in [0, 0.05) is 11.7 Å². The second-order valence-corrected chi connectivity index (χ2v) is 5.92. The summed E-state index contributed by atoms with van der Waals surface area (Å²) in [7, 11) is 0. The van der Waals surface area contributed by atoms with E-state index in [9.17, 15) is 9.59 Å². The molecular weight excluding hydrogens is 252 g/mol. The number of nitrogens with one attached hydrogen (secondary N) is 2. The summed E-state index contributed by atoms with van der Waals surface area (Å²) in [6, 6.07) is 6.08. The SMILES string of the molecule is Cc1ccc(C)c(NC(=O)C2CC2C(=O)NC(C)C)c1. The van der Waals surface area contributed by atoms with Crippen molar-refractivity contribution in [3.63, 3.8) is 0 Å². The predicted molar refractivity (Wildman–Crippen MR) is 79.4 cm³/mol. The molecule has 0 bridgehead atoms. The first kappa shape index (κ1) is 14.6. The van der Waals surface area contributed by atoms with Crippen LogP contribution in [0.3, 0.4) is 0 Å². The molecule has 2 rings (SSSR count). The molecule has 1 fully saturated rings. The summed E-state index contributed by atoms with van der Waals surface area (Å²) in [6.07, 6.45) is 0.648. The van der Waals surface area contributed by atoms with E-state index in [1.807, 2.05) is 45.9 Å². The molecule has 0 radical (unpaired) electrons. The van der Waals surface area contributed by atoms with Crippen LogP contribution in [-0.4, -0.2) is 17.9 Å². The summed E-state index contributed by atoms with van der Waals surface area (Å²) in [4.78, 5) is 24.0. The van der Waals surface area contributed by atoms with Crippen LogP contribution in [-0.2, 0) is 9.59 Å². The van der Waals surface area contributed by atoms with E-state index in [-0.39, 0.29) is 29.7 Å². The van der Waals surface area contributed by atoms with Gasteiger partial charge in [-0.05, 0) is 51.3 Å². The molecule has 2 amide bonds. The van der Waals surface area contributed by atoms with Crippen LogP contribution in [0.1, 0.15) is 31.4 Å². The van der Waals surface area contributed by atoms with Gasteiger partial charge in [-0.2, -0.15) is 0 Å². The Morgan fingerprint density at radius 3 is 2.45 bits per heavy atom. The van der Waals surface area contributed by atoms with E-state index >= 15 is 0 Å². The fraction of sp³-hybridized carbons (Fsp3) is 0.500. The molecule has 1 aliphatic carbocycles. The maximum Gasteiger partial charge on any atom is 0.228 e. The van der Waals surface area contributed by atoms with Crippen LogP contribution in [0.2, 0.25) is 0 Å². The summed E-state index contributed by atoms with van der Waals surface area (Å²) < 4.78 is 0. The molecule has 1 aromatic carbocycles. The van der Waals surface area contributed by atoms with Crippen molar-refractivity contribution >= 4 is 17.5 Å². The van der Waals surface area contributed by atoms with Crippen LogP contribution >= 0.6 is 0 Å². The summed E-state index contributed by atoms with van der Waals surface area (Å²) in [5, 5.41) is 5.79. The Labute approximate surface area is 119 Å². The molecule has 1 saturated carbocycles. The second-order valence-electron chi connectivity index (χ2n) is 5.92. The number of rotatable bonds is 4. The highest BCUT2D eigenvalue weighted by Crippen LogP contribution is 2.39. The van der Waals surface area contributed by atoms with E-state index in [2.05, 4.69) is 10.6 Å². The van der Waals surface area contributed by atoms with E-state index in [1.165, 1.54) is 0 Å². The standard InChI is InChI=1S/C16H22N2O2/c1-9(2)17-15(19)12-8-13(12)16(20)18-14-7-10(3)5-6-11(14)4/h5-7,9,12-13H,8H2,1-4H3,(H,17,19)(H,18,20). The number of anilines is 1. The Hall–Kier alpha value is -1.84. The average molecular weight is 274 g/mol. The molecule has 1 aliphatic rings. The number of hydrogen-bond donors (Lipinski definition) is 2. The minimum absolute atomic E-state index is 0.0129. The van der Waals surface area contributed by atoms with E-state index in [0.717, 1.165) is 16.8 Å². The Balaban J connectivity index is 1.94. The van der Waals surface area contributed by atoms with E-state index in [1.54, 1.807) is 0 Å². The van der Waals surface area contributed by atoms with Crippen LogP contribution in [0.4, 0.5) is 5.69 Å². The number of carbonyl (C=O) groups excluding carboxylic acids is 2. The molecule has 0 aromatic heterocycles. The fourth-order valence-corrected chi connectivity index (χ4v) is 2.26. The van der Waals surface area contributed by atoms with Crippen LogP contribution in [0.5, 0.6) is 0 Å². The maximum atomic E-state index is 12.1. The molecule has 4 heteroatoms. The lowest BCUT2D eigenvalue weighted by molar-refractivity contribution is -0.125. The van der Waals surface area contributed by atoms with Gasteiger partial charge in [0.05, 0.1) is 11.8 Å². The lowest BCUT2D eigenvalue weighted by Gasteiger charge is -2.10. The normalized spacial score (nSPS) is 20.6. The quantitative estimate of drug-likeness (QED) is 0.885. The Kier molecular flexibility index (Phi) is 4.12. The van der Waals surface area contributed by atoms with Gasteiger partial charge in [-0.25, -0.2) is 0 Å². The van der Waals surface area contributed by atoms with Gasteiger partial charge in [0.2, 0.25) is 11.8 Å². The van der Waals surface area contributed by atoms with Crippen molar-refractivity contribution in [1.29, 1.82) is 0 Å². The van der Waals surface area contributed by atoms with Crippen molar-refractivity contribution in [2.45, 2.75) is 40.2 Å². The third-order valence-electron chi connectivity index (χ3n) is 3.55. The lowest BCUT2D eigenvalue weighted by atomic mass is 10.1. The third-order valence-corrected chi connectivity index (χ3v) is 3.55. The van der Waals surface area contributed by atoms with Gasteiger partial charge < -0.3 is 10.6 Å². The Morgan fingerprint density at radius 1 is 1.15 bits per heavy atom. The summed E-state index contributed by atoms with van der Waals surface area (Å²) in [5.41, 5.74) is 2.98. The summed E-state index contributed by atoms with van der Waals surface area (Å²) in [5.74, 6) is -0.417. The van der Waals surface area contributed by atoms with Gasteiger partial charge in [0.1, 0.15) is 0 Å². The first-order chi connectivity index (χ1) is 9.38. The highest BCUT2D eigenvalue weighted by Gasteiger charge is 2.48. The van der Waals surface area contributed by atoms with Gasteiger partial charge in [-0.15, -0.1) is 0 Å². The number of carbonyl (C=O) groups is 2. The number of amides is 2. The maximum absolute atomic E-state index is 12.1. The zero-order valence-electron chi connectivity index (χ0n) is 12.5. The zero-order chi connectivity index (χ0) is 14.9. The van der Waals surface area contributed by atoms with Crippen LogP contribution < -0.4 is 10.6 Å². The van der Waals surface area contributed by atoms with E-state index in [4.69, 9.17) is 0 Å². The third kappa shape index (κ3) is 3.38. The van der Waals surface area contributed by atoms with Crippen LogP contribution in [0.15, 0.2) is 18.2 Å². The topological polar surface area (TPSA) is 58.2 Å². The highest BCUT2D eigenvalue weighted by molar-refractivity contribution is 6.00. The molecule has 4 nitrogen and oxygen atoms in total. The molecule has 0 saturated heterocycles. The number of hydrogen-bond acceptors (Lipinski definition) is 2. The van der Waals surface area contributed by atoms with Gasteiger partial charge >= 0.3 is 0 Å². The first-order valence-corrected chi connectivity index (χ1v) is 7.07. The Bertz CT molecular complexity index is 537. The fourth-order valence-electron chi connectivity index (χ4n) is 2.26. The lowest BCUT2D eigenvalue weighted by Crippen LogP contribution is -2.32. The van der Waals surface area contributed by atoms with Crippen molar-refractivity contribution < 1.29 is 9.59 Å². The highest BCUT2D eigenvalue weighted by atomic mass is 16.2. The van der Waals surface area contributed by atoms with E-state index in [0.29, 0.717) is 6.42 Å². The average Bonchev–Trinajstić information content (AvgIpc) is 3.13. The zero-order valence-corrected chi connectivity index (χ0v) is 12.5. The minimum Gasteiger partial charge on any atom is -0.354 e. The second kappa shape index (κ2) is 5.65. The molecular formula is C16H22N2O2. The Morgan fingerprint density at radius 2 is 1.80 bits per heavy atom. The molecule has 108 valence electrons. The van der Waals surface area contributed by atoms with Crippen molar-refractivity contribution in [2.24, 2.45) is 11.8 Å². The van der Waals surface area contributed by atoms with Gasteiger partial charge in [-0.3, -0.25) is 9.59 Å². The van der Waals surface area contributed by atoms with Crippen molar-refractivity contribution in [3.8, 4) is 0 Å². The van der Waals surface area contributed by atoms with Gasteiger partial charge in [-0.1, -0.05) is 12.1 Å². The van der Waals surface area contributed by atoms with Gasteiger partial charge in [0.25, 0.3) is 0 Å². The smallest absolute Gasteiger partial charge is 0.228 e. The minimum atomic E-state index is -0.186. The predicted octanol–water partition coefficient (Wildman–Crippen LogP) is 2.40. The van der Waals surface area contributed by atoms with Crippen LogP contribution in [0, 0.1) is 25.7 Å². The molecule has 1 aromatic rings. The molecule has 0 heterocycles. The largest absolute Gasteiger partial charge is 0.354 e. The molecule has 20 heavy (non-hydrogen) atoms. The van der Waals surface area contributed by atoms with Crippen molar-refractivity contribution in [1.82, 2.24) is 5.32 Å². The van der Waals surface area contributed by atoms with Crippen LogP contribution in [0.25, 0.3) is 0 Å². The summed E-state index contributed by atoms with van der Waals surface area (Å²) >= 11 is 0. The van der Waals surface area contributed by atoms with Crippen molar-refractivity contribution in [3.05, 3.63) is 29.3 Å². The molecule has 0 aliphatic heterocycles. The number of benzene rings is 1. The number of aryl methyl sites for hydroxylation is 2. The van der Waals surface area contributed by atoms with E-state index < -0.39 is 0 Å². The monoisotopic (exact) mass is 274 g/mol. The first-order valence-electron chi connectivity index (χ1n) is 7.07. The molecule has 2 atom stereocenters. The molecule has 0 spiro atoms.